The maximum Gasteiger partial charge on any atom is 0.0500 e. The van der Waals surface area contributed by atoms with E-state index in [-0.39, 0.29) is 0 Å². The van der Waals surface area contributed by atoms with Crippen LogP contribution in [0.2, 0.25) is 0 Å². The molecule has 0 spiro atoms. The molecule has 1 aliphatic carbocycles. The number of hydrogen-bond acceptors (Lipinski definition) is 1. The highest BCUT2D eigenvalue weighted by molar-refractivity contribution is 9.09. The van der Waals surface area contributed by atoms with E-state index in [0.717, 1.165) is 25.0 Å². The van der Waals surface area contributed by atoms with Crippen LogP contribution in [-0.2, 0) is 4.74 Å². The van der Waals surface area contributed by atoms with E-state index in [1.54, 1.807) is 0 Å². The van der Waals surface area contributed by atoms with Crippen molar-refractivity contribution in [1.29, 1.82) is 0 Å². The Labute approximate surface area is 83.0 Å². The SMILES string of the molecule is CCC1(C2CCOC2)CC1CBr. The van der Waals surface area contributed by atoms with Crippen LogP contribution in [0.4, 0.5) is 0 Å². The Balaban J connectivity index is 1.99. The van der Waals surface area contributed by atoms with Gasteiger partial charge in [0.2, 0.25) is 0 Å². The van der Waals surface area contributed by atoms with Crippen LogP contribution in [-0.4, -0.2) is 18.5 Å². The number of hydrogen-bond donors (Lipinski definition) is 0. The molecule has 1 aliphatic heterocycles. The fourth-order valence-electron chi connectivity index (χ4n) is 2.82. The smallest absolute Gasteiger partial charge is 0.0500 e. The molecular weight excluding hydrogens is 216 g/mol. The summed E-state index contributed by atoms with van der Waals surface area (Å²) in [7, 11) is 0. The van der Waals surface area contributed by atoms with Gasteiger partial charge in [0.05, 0.1) is 6.61 Å². The van der Waals surface area contributed by atoms with Gasteiger partial charge in [-0.2, -0.15) is 0 Å². The maximum atomic E-state index is 5.46. The van der Waals surface area contributed by atoms with E-state index in [0.29, 0.717) is 5.41 Å². The Bertz CT molecular complexity index is 165. The second kappa shape index (κ2) is 3.30. The van der Waals surface area contributed by atoms with Gasteiger partial charge < -0.3 is 4.74 Å². The van der Waals surface area contributed by atoms with Crippen LogP contribution >= 0.6 is 15.9 Å². The van der Waals surface area contributed by atoms with Gasteiger partial charge in [-0.25, -0.2) is 0 Å². The summed E-state index contributed by atoms with van der Waals surface area (Å²) in [5.41, 5.74) is 0.667. The van der Waals surface area contributed by atoms with E-state index in [9.17, 15) is 0 Å². The molecule has 0 aromatic carbocycles. The molecule has 0 N–H and O–H groups in total. The van der Waals surface area contributed by atoms with Crippen molar-refractivity contribution in [3.05, 3.63) is 0 Å². The van der Waals surface area contributed by atoms with Crippen molar-refractivity contribution in [2.45, 2.75) is 26.2 Å². The van der Waals surface area contributed by atoms with Gasteiger partial charge in [-0.1, -0.05) is 22.9 Å². The Kier molecular flexibility index (Phi) is 2.48. The molecule has 0 amide bonds. The van der Waals surface area contributed by atoms with E-state index < -0.39 is 0 Å². The minimum atomic E-state index is 0.667. The highest BCUT2D eigenvalue weighted by Crippen LogP contribution is 2.62. The first-order valence-electron chi connectivity index (χ1n) is 4.97. The molecule has 3 atom stereocenters. The Hall–Kier alpha value is 0.440. The third kappa shape index (κ3) is 1.24. The quantitative estimate of drug-likeness (QED) is 0.681. The van der Waals surface area contributed by atoms with E-state index in [1.165, 1.54) is 24.6 Å². The number of alkyl halides is 1. The van der Waals surface area contributed by atoms with Crippen LogP contribution in [0.1, 0.15) is 26.2 Å². The van der Waals surface area contributed by atoms with Gasteiger partial charge in [0.1, 0.15) is 0 Å². The zero-order valence-corrected chi connectivity index (χ0v) is 9.27. The summed E-state index contributed by atoms with van der Waals surface area (Å²) in [5, 5.41) is 1.19. The lowest BCUT2D eigenvalue weighted by Gasteiger charge is -2.21. The molecule has 70 valence electrons. The largest absolute Gasteiger partial charge is 0.381 e. The van der Waals surface area contributed by atoms with E-state index in [4.69, 9.17) is 4.74 Å². The van der Waals surface area contributed by atoms with Gasteiger partial charge in [-0.3, -0.25) is 0 Å². The zero-order valence-electron chi connectivity index (χ0n) is 7.68. The summed E-state index contributed by atoms with van der Waals surface area (Å²) in [5.74, 6) is 1.80. The highest BCUT2D eigenvalue weighted by atomic mass is 79.9. The normalized spacial score (nSPS) is 46.5. The molecule has 1 saturated carbocycles. The lowest BCUT2D eigenvalue weighted by atomic mass is 9.84. The van der Waals surface area contributed by atoms with Crippen molar-refractivity contribution >= 4 is 15.9 Å². The average molecular weight is 233 g/mol. The zero-order chi connectivity index (χ0) is 8.60. The van der Waals surface area contributed by atoms with Gasteiger partial charge >= 0.3 is 0 Å². The van der Waals surface area contributed by atoms with Gasteiger partial charge in [0, 0.05) is 11.9 Å². The average Bonchev–Trinajstić information content (AvgIpc) is 2.57. The molecule has 0 radical (unpaired) electrons. The number of halogens is 1. The summed E-state index contributed by atoms with van der Waals surface area (Å²) in [6.07, 6.45) is 4.08. The molecule has 3 unspecified atom stereocenters. The lowest BCUT2D eigenvalue weighted by Crippen LogP contribution is -2.18. The van der Waals surface area contributed by atoms with E-state index in [1.807, 2.05) is 0 Å². The van der Waals surface area contributed by atoms with Crippen LogP contribution in [0.3, 0.4) is 0 Å². The molecule has 1 nitrogen and oxygen atoms in total. The van der Waals surface area contributed by atoms with Crippen molar-refractivity contribution in [2.24, 2.45) is 17.3 Å². The highest BCUT2D eigenvalue weighted by Gasteiger charge is 2.56. The number of ether oxygens (including phenoxy) is 1. The first kappa shape index (κ1) is 9.01. The third-order valence-corrected chi connectivity index (χ3v) is 4.65. The minimum absolute atomic E-state index is 0.667. The summed E-state index contributed by atoms with van der Waals surface area (Å²) >= 11 is 3.60. The Morgan fingerprint density at radius 1 is 1.58 bits per heavy atom. The standard InChI is InChI=1S/C10H17BrO/c1-2-10(5-9(10)6-11)8-3-4-12-7-8/h8-9H,2-7H2,1H3. The van der Waals surface area contributed by atoms with Crippen molar-refractivity contribution in [2.75, 3.05) is 18.5 Å². The molecule has 0 aromatic rings. The van der Waals surface area contributed by atoms with E-state index >= 15 is 0 Å². The van der Waals surface area contributed by atoms with Crippen LogP contribution in [0.5, 0.6) is 0 Å². The molecule has 0 bridgehead atoms. The molecule has 2 aliphatic rings. The predicted molar refractivity (Wildman–Crippen MR) is 53.6 cm³/mol. The molecule has 2 heteroatoms. The molecule has 2 fully saturated rings. The molecule has 12 heavy (non-hydrogen) atoms. The molecular formula is C10H17BrO. The van der Waals surface area contributed by atoms with Gasteiger partial charge in [0.15, 0.2) is 0 Å². The fourth-order valence-corrected chi connectivity index (χ4v) is 3.69. The second-order valence-corrected chi connectivity index (χ2v) is 4.85. The van der Waals surface area contributed by atoms with E-state index in [2.05, 4.69) is 22.9 Å². The summed E-state index contributed by atoms with van der Waals surface area (Å²) in [6, 6.07) is 0. The third-order valence-electron chi connectivity index (χ3n) is 3.87. The summed E-state index contributed by atoms with van der Waals surface area (Å²) < 4.78 is 5.46. The topological polar surface area (TPSA) is 9.23 Å². The molecule has 2 rings (SSSR count). The molecule has 0 aromatic heterocycles. The number of rotatable bonds is 3. The van der Waals surface area contributed by atoms with Gasteiger partial charge in [-0.05, 0) is 36.5 Å². The maximum absolute atomic E-state index is 5.46. The van der Waals surface area contributed by atoms with Crippen molar-refractivity contribution < 1.29 is 4.74 Å². The predicted octanol–water partition coefficient (Wildman–Crippen LogP) is 2.83. The van der Waals surface area contributed by atoms with Crippen LogP contribution in [0, 0.1) is 17.3 Å². The lowest BCUT2D eigenvalue weighted by molar-refractivity contribution is 0.161. The summed E-state index contributed by atoms with van der Waals surface area (Å²) in [4.78, 5) is 0. The first-order chi connectivity index (χ1) is 5.83. The Morgan fingerprint density at radius 3 is 2.83 bits per heavy atom. The van der Waals surface area contributed by atoms with Crippen LogP contribution in [0.25, 0.3) is 0 Å². The Morgan fingerprint density at radius 2 is 2.42 bits per heavy atom. The molecule has 1 saturated heterocycles. The van der Waals surface area contributed by atoms with Gasteiger partial charge in [-0.15, -0.1) is 0 Å². The molecule has 1 heterocycles. The van der Waals surface area contributed by atoms with Crippen molar-refractivity contribution in [3.8, 4) is 0 Å². The first-order valence-corrected chi connectivity index (χ1v) is 6.09. The van der Waals surface area contributed by atoms with Crippen molar-refractivity contribution in [3.63, 3.8) is 0 Å². The second-order valence-electron chi connectivity index (χ2n) is 4.20. The minimum Gasteiger partial charge on any atom is -0.381 e. The van der Waals surface area contributed by atoms with Crippen molar-refractivity contribution in [1.82, 2.24) is 0 Å². The van der Waals surface area contributed by atoms with Crippen LogP contribution in [0.15, 0.2) is 0 Å². The van der Waals surface area contributed by atoms with Gasteiger partial charge in [0.25, 0.3) is 0 Å². The fraction of sp³-hybridized carbons (Fsp3) is 1.00. The monoisotopic (exact) mass is 232 g/mol. The summed E-state index contributed by atoms with van der Waals surface area (Å²) in [6.45, 7) is 4.36. The van der Waals surface area contributed by atoms with Crippen LogP contribution < -0.4 is 0 Å².